The zero-order chi connectivity index (χ0) is 21.9. The first kappa shape index (κ1) is 25.1. The van der Waals surface area contributed by atoms with Gasteiger partial charge in [0.25, 0.3) is 0 Å². The third-order valence-electron chi connectivity index (χ3n) is 8.63. The van der Waals surface area contributed by atoms with Gasteiger partial charge in [0.15, 0.2) is 8.32 Å². The van der Waals surface area contributed by atoms with E-state index < -0.39 is 8.32 Å². The highest BCUT2D eigenvalue weighted by Crippen LogP contribution is 2.64. The highest BCUT2D eigenvalue weighted by atomic mass is 28.4. The zero-order valence-electron chi connectivity index (χ0n) is 20.7. The second-order valence-corrected chi connectivity index (χ2v) is 16.0. The van der Waals surface area contributed by atoms with E-state index in [0.717, 1.165) is 64.6 Å². The molecule has 3 nitrogen and oxygen atoms in total. The van der Waals surface area contributed by atoms with Gasteiger partial charge in [0.1, 0.15) is 5.78 Å². The van der Waals surface area contributed by atoms with Crippen molar-refractivity contribution in [3.8, 4) is 0 Å². The van der Waals surface area contributed by atoms with Crippen LogP contribution in [0.2, 0.25) is 19.6 Å². The van der Waals surface area contributed by atoms with Crippen molar-refractivity contribution in [3.05, 3.63) is 0 Å². The molecule has 0 aromatic heterocycles. The molecule has 0 heterocycles. The number of Topliss-reactive ketones (excluding diaryl/α,β-unsaturated/α-hetero) is 1. The minimum absolute atomic E-state index is 0.0337. The van der Waals surface area contributed by atoms with Crippen LogP contribution >= 0.6 is 0 Å². The Bertz CT molecular complexity index is 547. The van der Waals surface area contributed by atoms with E-state index in [4.69, 9.17) is 9.16 Å². The topological polar surface area (TPSA) is 35.5 Å². The Kier molecular flexibility index (Phi) is 8.23. The van der Waals surface area contributed by atoms with Crippen LogP contribution in [0.15, 0.2) is 0 Å². The molecule has 0 amide bonds. The summed E-state index contributed by atoms with van der Waals surface area (Å²) in [6.07, 6.45) is 9.57. The average molecular weight is 425 g/mol. The summed E-state index contributed by atoms with van der Waals surface area (Å²) in [5.74, 6) is 1.40. The van der Waals surface area contributed by atoms with Crippen LogP contribution in [0, 0.1) is 22.7 Å². The van der Waals surface area contributed by atoms with Crippen LogP contribution in [0.4, 0.5) is 0 Å². The smallest absolute Gasteiger partial charge is 0.184 e. The number of rotatable bonds is 11. The van der Waals surface area contributed by atoms with Gasteiger partial charge in [-0.15, -0.1) is 0 Å². The number of ketones is 1. The lowest BCUT2D eigenvalue weighted by molar-refractivity contribution is -0.131. The van der Waals surface area contributed by atoms with Crippen molar-refractivity contribution in [2.75, 3.05) is 13.2 Å². The number of carbonyl (C=O) groups excluding carboxylic acids is 1. The Labute approximate surface area is 181 Å². The first-order valence-electron chi connectivity index (χ1n) is 12.2. The molecular formula is C25H48O3Si. The normalized spacial score (nSPS) is 29.9. The molecular weight excluding hydrogens is 376 g/mol. The number of hydrogen-bond donors (Lipinski definition) is 0. The Morgan fingerprint density at radius 3 is 2.31 bits per heavy atom. The molecule has 0 aromatic rings. The highest BCUT2D eigenvalue weighted by molar-refractivity contribution is 6.69. The summed E-state index contributed by atoms with van der Waals surface area (Å²) in [6, 6.07) is 0. The second kappa shape index (κ2) is 9.52. The summed E-state index contributed by atoms with van der Waals surface area (Å²) in [5, 5.41) is 0. The number of fused-ring (bicyclic) bond motifs is 1. The van der Waals surface area contributed by atoms with Gasteiger partial charge in [-0.2, -0.15) is 0 Å². The molecule has 2 fully saturated rings. The largest absolute Gasteiger partial charge is 0.412 e. The van der Waals surface area contributed by atoms with Crippen molar-refractivity contribution >= 4 is 14.1 Å². The van der Waals surface area contributed by atoms with Crippen molar-refractivity contribution in [1.29, 1.82) is 0 Å². The first-order chi connectivity index (χ1) is 13.4. The predicted molar refractivity (Wildman–Crippen MR) is 125 cm³/mol. The molecule has 0 bridgehead atoms. The Morgan fingerprint density at radius 2 is 1.76 bits per heavy atom. The van der Waals surface area contributed by atoms with E-state index in [9.17, 15) is 4.79 Å². The quantitative estimate of drug-likeness (QED) is 0.264. The first-order valence-corrected chi connectivity index (χ1v) is 15.6. The molecule has 0 saturated heterocycles. The molecule has 170 valence electrons. The lowest BCUT2D eigenvalue weighted by atomic mass is 9.58. The molecule has 2 aliphatic carbocycles. The molecule has 0 radical (unpaired) electrons. The predicted octanol–water partition coefficient (Wildman–Crippen LogP) is 7.01. The second-order valence-electron chi connectivity index (χ2n) is 11.6. The van der Waals surface area contributed by atoms with Crippen molar-refractivity contribution in [1.82, 2.24) is 0 Å². The van der Waals surface area contributed by atoms with E-state index in [2.05, 4.69) is 54.3 Å². The van der Waals surface area contributed by atoms with E-state index >= 15 is 0 Å². The third kappa shape index (κ3) is 5.54. The van der Waals surface area contributed by atoms with Crippen LogP contribution in [0.5, 0.6) is 0 Å². The molecule has 3 unspecified atom stereocenters. The summed E-state index contributed by atoms with van der Waals surface area (Å²) in [7, 11) is -1.54. The van der Waals surface area contributed by atoms with Crippen molar-refractivity contribution in [2.45, 2.75) is 118 Å². The van der Waals surface area contributed by atoms with Crippen molar-refractivity contribution in [2.24, 2.45) is 22.7 Å². The summed E-state index contributed by atoms with van der Waals surface area (Å²) < 4.78 is 12.7. The van der Waals surface area contributed by atoms with Gasteiger partial charge >= 0.3 is 0 Å². The molecule has 3 atom stereocenters. The summed E-state index contributed by atoms with van der Waals surface area (Å²) in [5.41, 5.74) is 0.441. The summed E-state index contributed by atoms with van der Waals surface area (Å²) in [4.78, 5) is 12.5. The molecule has 0 spiro atoms. The Balaban J connectivity index is 1.78. The fraction of sp³-hybridized carbons (Fsp3) is 0.960. The maximum Gasteiger partial charge on any atom is 0.184 e. The number of ether oxygens (including phenoxy) is 1. The van der Waals surface area contributed by atoms with Gasteiger partial charge in [-0.25, -0.2) is 0 Å². The van der Waals surface area contributed by atoms with E-state index in [-0.39, 0.29) is 22.3 Å². The molecule has 4 heteroatoms. The lowest BCUT2D eigenvalue weighted by Gasteiger charge is -2.46. The zero-order valence-corrected chi connectivity index (χ0v) is 21.7. The van der Waals surface area contributed by atoms with Crippen LogP contribution < -0.4 is 0 Å². The van der Waals surface area contributed by atoms with Gasteiger partial charge in [-0.05, 0) is 87.8 Å². The minimum Gasteiger partial charge on any atom is -0.412 e. The van der Waals surface area contributed by atoms with Gasteiger partial charge in [-0.3, -0.25) is 4.79 Å². The van der Waals surface area contributed by atoms with Crippen LogP contribution in [-0.4, -0.2) is 32.9 Å². The number of hydrogen-bond acceptors (Lipinski definition) is 3. The van der Waals surface area contributed by atoms with Gasteiger partial charge in [-0.1, -0.05) is 34.6 Å². The van der Waals surface area contributed by atoms with E-state index in [1.54, 1.807) is 0 Å². The van der Waals surface area contributed by atoms with Crippen molar-refractivity contribution in [3.63, 3.8) is 0 Å². The maximum atomic E-state index is 12.5. The van der Waals surface area contributed by atoms with Crippen LogP contribution in [0.1, 0.15) is 92.4 Å². The standard InChI is InChI=1S/C25H48O3Si/c1-9-25(10-2,28-29(6,7)8)16-12-17-27-18-14-20-19-21-22(26)13-11-15-24(21,5)23(20,3)4/h20-21H,9-19H2,1-8H3. The summed E-state index contributed by atoms with van der Waals surface area (Å²) in [6.45, 7) is 20.2. The molecule has 0 N–H and O–H groups in total. The fourth-order valence-electron chi connectivity index (χ4n) is 6.29. The van der Waals surface area contributed by atoms with Gasteiger partial charge in [0.2, 0.25) is 0 Å². The van der Waals surface area contributed by atoms with Crippen LogP contribution in [0.25, 0.3) is 0 Å². The number of carbonyl (C=O) groups is 1. The van der Waals surface area contributed by atoms with Crippen LogP contribution in [-0.2, 0) is 14.0 Å². The van der Waals surface area contributed by atoms with E-state index in [1.165, 1.54) is 6.42 Å². The van der Waals surface area contributed by atoms with Gasteiger partial charge in [0.05, 0.1) is 5.60 Å². The molecule has 29 heavy (non-hydrogen) atoms. The highest BCUT2D eigenvalue weighted by Gasteiger charge is 2.59. The molecule has 2 saturated carbocycles. The lowest BCUT2D eigenvalue weighted by Crippen LogP contribution is -2.42. The molecule has 0 aromatic carbocycles. The average Bonchev–Trinajstić information content (AvgIpc) is 2.83. The molecule has 2 rings (SSSR count). The monoisotopic (exact) mass is 424 g/mol. The molecule has 2 aliphatic rings. The molecule has 0 aliphatic heterocycles. The summed E-state index contributed by atoms with van der Waals surface area (Å²) >= 11 is 0. The fourth-order valence-corrected chi connectivity index (χ4v) is 7.98. The Morgan fingerprint density at radius 1 is 1.10 bits per heavy atom. The van der Waals surface area contributed by atoms with Gasteiger partial charge < -0.3 is 9.16 Å². The van der Waals surface area contributed by atoms with Gasteiger partial charge in [0, 0.05) is 25.6 Å². The third-order valence-corrected chi connectivity index (χ3v) is 9.68. The SMILES string of the molecule is CCC(CC)(CCCOCCC1CC2C(=O)CCCC2(C)C1(C)C)O[Si](C)(C)C. The van der Waals surface area contributed by atoms with E-state index in [0.29, 0.717) is 11.7 Å². The van der Waals surface area contributed by atoms with Crippen LogP contribution in [0.3, 0.4) is 0 Å². The Hall–Kier alpha value is -0.193. The van der Waals surface area contributed by atoms with Crippen molar-refractivity contribution < 1.29 is 14.0 Å². The maximum absolute atomic E-state index is 12.5. The minimum atomic E-state index is -1.54. The van der Waals surface area contributed by atoms with E-state index in [1.807, 2.05) is 0 Å².